The van der Waals surface area contributed by atoms with E-state index in [0.717, 1.165) is 45.0 Å². The average molecular weight is 731 g/mol. The molecule has 14 heteroatoms. The van der Waals surface area contributed by atoms with Crippen molar-refractivity contribution < 1.29 is 0 Å². The molecular weight excluding hydrogens is 689 g/mol. The van der Waals surface area contributed by atoms with Gasteiger partial charge in [0.2, 0.25) is 35.7 Å². The van der Waals surface area contributed by atoms with Crippen LogP contribution in [-0.4, -0.2) is 43.0 Å². The Morgan fingerprint density at radius 2 is 0.745 bits per heavy atom. The maximum atomic E-state index is 9.20. The molecule has 0 saturated heterocycles. The van der Waals surface area contributed by atoms with Gasteiger partial charge in [0.1, 0.15) is 0 Å². The highest BCUT2D eigenvalue weighted by atomic mass is 15.3. The summed E-state index contributed by atoms with van der Waals surface area (Å²) in [5, 5.41) is 38.3. The summed E-state index contributed by atoms with van der Waals surface area (Å²) in [7, 11) is 0. The number of rotatable bonds is 14. The maximum Gasteiger partial charge on any atom is 0.233 e. The van der Waals surface area contributed by atoms with Crippen LogP contribution in [0.25, 0.3) is 0 Å². The van der Waals surface area contributed by atoms with Crippen molar-refractivity contribution in [3.63, 3.8) is 0 Å². The van der Waals surface area contributed by atoms with Crippen molar-refractivity contribution in [2.24, 2.45) is 0 Å². The summed E-state index contributed by atoms with van der Waals surface area (Å²) >= 11 is 0. The van der Waals surface area contributed by atoms with Crippen LogP contribution in [0.15, 0.2) is 72.8 Å². The van der Waals surface area contributed by atoms with Crippen LogP contribution in [0.2, 0.25) is 0 Å². The molecule has 14 nitrogen and oxygen atoms in total. The van der Waals surface area contributed by atoms with Crippen molar-refractivity contribution in [3.8, 4) is 12.1 Å². The van der Waals surface area contributed by atoms with Gasteiger partial charge in [-0.3, -0.25) is 0 Å². The number of anilines is 10. The molecule has 55 heavy (non-hydrogen) atoms. The molecule has 0 aliphatic heterocycles. The van der Waals surface area contributed by atoms with Gasteiger partial charge < -0.3 is 31.9 Å². The topological polar surface area (TPSA) is 197 Å². The van der Waals surface area contributed by atoms with Gasteiger partial charge in [0.05, 0.1) is 23.3 Å². The third-order valence-electron chi connectivity index (χ3n) is 8.56. The van der Waals surface area contributed by atoms with E-state index in [1.807, 2.05) is 27.7 Å². The van der Waals surface area contributed by atoms with Gasteiger partial charge in [-0.1, -0.05) is 35.4 Å². The van der Waals surface area contributed by atoms with Gasteiger partial charge in [0.15, 0.2) is 0 Å². The summed E-state index contributed by atoms with van der Waals surface area (Å²) in [6.45, 7) is 13.4. The molecule has 4 aromatic carbocycles. The first kappa shape index (κ1) is 37.4. The van der Waals surface area contributed by atoms with Crippen molar-refractivity contribution >= 4 is 58.4 Å². The van der Waals surface area contributed by atoms with Gasteiger partial charge >= 0.3 is 0 Å². The Hall–Kier alpha value is -7.32. The number of aryl methyl sites for hydroxylation is 6. The highest BCUT2D eigenvalue weighted by molar-refractivity contribution is 5.67. The number of nitriles is 2. The Bertz CT molecular complexity index is 2180. The van der Waals surface area contributed by atoms with Gasteiger partial charge in [0, 0.05) is 35.8 Å². The molecule has 2 aromatic heterocycles. The number of hydrogen-bond donors (Lipinski definition) is 6. The van der Waals surface area contributed by atoms with E-state index in [0.29, 0.717) is 66.3 Å². The predicted molar refractivity (Wildman–Crippen MR) is 218 cm³/mol. The quantitative estimate of drug-likeness (QED) is 0.0583. The van der Waals surface area contributed by atoms with Crippen LogP contribution >= 0.6 is 0 Å². The van der Waals surface area contributed by atoms with Crippen molar-refractivity contribution in [1.82, 2.24) is 29.9 Å². The van der Waals surface area contributed by atoms with Crippen LogP contribution in [0, 0.1) is 64.2 Å². The highest BCUT2D eigenvalue weighted by Crippen LogP contribution is 2.27. The van der Waals surface area contributed by atoms with E-state index >= 15 is 0 Å². The first-order valence-corrected chi connectivity index (χ1v) is 17.8. The van der Waals surface area contributed by atoms with E-state index in [2.05, 4.69) is 112 Å². The van der Waals surface area contributed by atoms with E-state index in [4.69, 9.17) is 0 Å². The van der Waals surface area contributed by atoms with E-state index in [9.17, 15) is 10.5 Å². The first-order chi connectivity index (χ1) is 26.5. The lowest BCUT2D eigenvalue weighted by Crippen LogP contribution is -2.15. The van der Waals surface area contributed by atoms with Crippen molar-refractivity contribution in [2.45, 2.75) is 48.0 Å². The molecule has 276 valence electrons. The summed E-state index contributed by atoms with van der Waals surface area (Å²) < 4.78 is 0. The molecule has 0 bridgehead atoms. The molecule has 0 unspecified atom stereocenters. The second-order valence-electron chi connectivity index (χ2n) is 13.2. The van der Waals surface area contributed by atoms with E-state index < -0.39 is 0 Å². The summed E-state index contributed by atoms with van der Waals surface area (Å²) in [5.41, 5.74) is 11.1. The number of aromatic nitrogens is 6. The van der Waals surface area contributed by atoms with Gasteiger partial charge in [-0.05, 0) is 119 Å². The average Bonchev–Trinajstić information content (AvgIpc) is 3.15. The zero-order valence-electron chi connectivity index (χ0n) is 31.6. The fourth-order valence-corrected chi connectivity index (χ4v) is 6.11. The third-order valence-corrected chi connectivity index (χ3v) is 8.56. The number of nitrogens with one attached hydrogen (secondary N) is 6. The molecule has 0 atom stereocenters. The van der Waals surface area contributed by atoms with Gasteiger partial charge in [-0.2, -0.15) is 40.4 Å². The Morgan fingerprint density at radius 3 is 1.07 bits per heavy atom. The summed E-state index contributed by atoms with van der Waals surface area (Å²) in [4.78, 5) is 27.9. The number of nitrogens with zero attached hydrogens (tertiary/aromatic N) is 8. The number of benzene rings is 4. The van der Waals surface area contributed by atoms with Crippen LogP contribution in [0.5, 0.6) is 0 Å². The van der Waals surface area contributed by atoms with Crippen LogP contribution < -0.4 is 31.9 Å². The minimum atomic E-state index is 0.344. The molecule has 0 fully saturated rings. The summed E-state index contributed by atoms with van der Waals surface area (Å²) in [6, 6.07) is 26.9. The van der Waals surface area contributed by atoms with E-state index in [1.54, 1.807) is 48.5 Å². The third kappa shape index (κ3) is 9.97. The predicted octanol–water partition coefficient (Wildman–Crippen LogP) is 8.54. The maximum absolute atomic E-state index is 9.20. The molecule has 6 N–H and O–H groups in total. The lowest BCUT2D eigenvalue weighted by molar-refractivity contribution is 0.877. The van der Waals surface area contributed by atoms with Crippen molar-refractivity contribution in [3.05, 3.63) is 117 Å². The lowest BCUT2D eigenvalue weighted by atomic mass is 10.1. The molecule has 0 saturated carbocycles. The first-order valence-electron chi connectivity index (χ1n) is 17.8. The largest absolute Gasteiger partial charge is 0.354 e. The zero-order valence-corrected chi connectivity index (χ0v) is 31.6. The summed E-state index contributed by atoms with van der Waals surface area (Å²) in [6.07, 6.45) is 0.673. The van der Waals surface area contributed by atoms with Gasteiger partial charge in [0.25, 0.3) is 0 Å². The fourth-order valence-electron chi connectivity index (χ4n) is 6.11. The molecule has 2 heterocycles. The van der Waals surface area contributed by atoms with Gasteiger partial charge in [-0.25, -0.2) is 0 Å². The second kappa shape index (κ2) is 17.0. The molecule has 0 aliphatic carbocycles. The molecule has 0 radical (unpaired) electrons. The second-order valence-corrected chi connectivity index (χ2v) is 13.2. The van der Waals surface area contributed by atoms with Crippen molar-refractivity contribution in [1.29, 1.82) is 10.5 Å². The summed E-state index contributed by atoms with van der Waals surface area (Å²) in [5.74, 6) is 2.23. The standard InChI is InChI=1S/C41H42N14/c1-24-18-26(3)34(27(4)19-24)48-40-52-36(50-38(54-40)46-32-12-8-30(22-42)9-13-32)44-16-7-17-45-37-51-39(47-33-14-10-31(23-43)11-15-33)55-41(53-37)49-35-28(5)20-25(2)21-29(35)6/h8-15,18-21H,7,16-17H2,1-6H3,(H3,44,46,48,50,52,54)(H3,45,47,49,51,53,55). The van der Waals surface area contributed by atoms with Crippen molar-refractivity contribution in [2.75, 3.05) is 45.0 Å². The van der Waals surface area contributed by atoms with Crippen LogP contribution in [0.3, 0.4) is 0 Å². The lowest BCUT2D eigenvalue weighted by Gasteiger charge is -2.15. The van der Waals surface area contributed by atoms with Gasteiger partial charge in [-0.15, -0.1) is 0 Å². The molecule has 0 aliphatic rings. The Morgan fingerprint density at radius 1 is 0.436 bits per heavy atom. The molecule has 6 rings (SSSR count). The molecular formula is C41H42N14. The van der Waals surface area contributed by atoms with Crippen LogP contribution in [0.1, 0.15) is 50.9 Å². The zero-order chi connectivity index (χ0) is 38.9. The molecule has 6 aromatic rings. The molecule has 0 amide bonds. The number of hydrogen-bond acceptors (Lipinski definition) is 14. The Kier molecular flexibility index (Phi) is 11.6. The molecule has 0 spiro atoms. The monoisotopic (exact) mass is 730 g/mol. The van der Waals surface area contributed by atoms with E-state index in [-0.39, 0.29) is 0 Å². The SMILES string of the molecule is Cc1cc(C)c(Nc2nc(NCCCNc3nc(Nc4ccc(C#N)cc4)nc(Nc4c(C)cc(C)cc4C)n3)nc(Nc3ccc(C#N)cc3)n2)c(C)c1. The minimum Gasteiger partial charge on any atom is -0.354 e. The highest BCUT2D eigenvalue weighted by Gasteiger charge is 2.13. The normalized spacial score (nSPS) is 10.5. The van der Waals surface area contributed by atoms with Crippen LogP contribution in [-0.2, 0) is 0 Å². The fraction of sp³-hybridized carbons (Fsp3) is 0.220. The Balaban J connectivity index is 1.17. The minimum absolute atomic E-state index is 0.344. The smallest absolute Gasteiger partial charge is 0.233 e. The Labute approximate surface area is 320 Å². The van der Waals surface area contributed by atoms with Crippen LogP contribution in [0.4, 0.5) is 58.4 Å². The van der Waals surface area contributed by atoms with E-state index in [1.165, 1.54) is 11.1 Å².